The van der Waals surface area contributed by atoms with E-state index < -0.39 is 179 Å². The SMILES string of the molecule is CC(=O)N[C@@H]1[C@@H](O[C@@H]2O[C@@H](C)[C@H](O)[C@@H](O[C@@H]3O[C@@H](C)[C@H](O)[C@@H](O)[C@H]3O[C@@H]3O[C@@H](C)[C@H](O)[C@@H](O)[C@H]3O)[C@H]2OC(C)=O)[C@H](O)[C@@H](CO[C@H]2O[C@H](CO)[C@@H](O)[C@H](O)[C@H]2O)O[C@H]1O. The molecule has 0 aromatic heterocycles. The zero-order valence-electron chi connectivity index (χ0n) is 32.6. The average molecular weight is 864 g/mol. The highest BCUT2D eigenvalue weighted by Crippen LogP contribution is 2.36. The lowest BCUT2D eigenvalue weighted by Gasteiger charge is -2.50. The quantitative estimate of drug-likeness (QED) is 0.0810. The van der Waals surface area contributed by atoms with E-state index in [1.54, 1.807) is 0 Å². The minimum atomic E-state index is -1.94. The van der Waals surface area contributed by atoms with Gasteiger partial charge in [0, 0.05) is 13.8 Å². The molecule has 25 nitrogen and oxygen atoms in total. The molecular formula is C34H57NO24. The lowest BCUT2D eigenvalue weighted by atomic mass is 9.95. The molecule has 0 saturated carbocycles. The average Bonchev–Trinajstić information content (AvgIpc) is 3.18. The Morgan fingerprint density at radius 2 is 1.02 bits per heavy atom. The first-order valence-electron chi connectivity index (χ1n) is 19.1. The summed E-state index contributed by atoms with van der Waals surface area (Å²) < 4.78 is 57.1. The van der Waals surface area contributed by atoms with Gasteiger partial charge in [0.25, 0.3) is 0 Å². The molecule has 0 radical (unpaired) electrons. The summed E-state index contributed by atoms with van der Waals surface area (Å²) in [5.74, 6) is -1.69. The van der Waals surface area contributed by atoms with Crippen LogP contribution in [0.3, 0.4) is 0 Å². The fourth-order valence-electron chi connectivity index (χ4n) is 7.43. The van der Waals surface area contributed by atoms with Crippen molar-refractivity contribution in [2.45, 2.75) is 188 Å². The van der Waals surface area contributed by atoms with Gasteiger partial charge in [0.15, 0.2) is 37.6 Å². The molecule has 5 fully saturated rings. The van der Waals surface area contributed by atoms with Crippen molar-refractivity contribution in [1.82, 2.24) is 5.32 Å². The van der Waals surface area contributed by atoms with Crippen molar-refractivity contribution in [3.63, 3.8) is 0 Å². The number of amides is 1. The number of esters is 1. The number of hydrogen-bond donors (Lipinski definition) is 13. The molecule has 5 saturated heterocycles. The highest BCUT2D eigenvalue weighted by molar-refractivity contribution is 5.73. The number of aliphatic hydroxyl groups excluding tert-OH is 12. The zero-order valence-corrected chi connectivity index (χ0v) is 32.6. The van der Waals surface area contributed by atoms with E-state index in [1.807, 2.05) is 0 Å². The molecule has 0 aromatic rings. The smallest absolute Gasteiger partial charge is 0.303 e. The van der Waals surface area contributed by atoms with Crippen LogP contribution >= 0.6 is 0 Å². The van der Waals surface area contributed by atoms with Crippen LogP contribution in [0.15, 0.2) is 0 Å². The minimum absolute atomic E-state index is 0.700. The molecule has 5 aliphatic heterocycles. The second-order valence-electron chi connectivity index (χ2n) is 15.3. The van der Waals surface area contributed by atoms with Crippen LogP contribution in [0.1, 0.15) is 34.6 Å². The predicted octanol–water partition coefficient (Wildman–Crippen LogP) is -8.13. The van der Waals surface area contributed by atoms with Gasteiger partial charge in [0.1, 0.15) is 97.6 Å². The third-order valence-corrected chi connectivity index (χ3v) is 10.9. The van der Waals surface area contributed by atoms with Crippen LogP contribution in [0.2, 0.25) is 0 Å². The monoisotopic (exact) mass is 863 g/mol. The normalized spacial score (nSPS) is 50.8. The highest BCUT2D eigenvalue weighted by atomic mass is 16.8. The zero-order chi connectivity index (χ0) is 43.8. The molecule has 25 atom stereocenters. The topological polar surface area (TPSA) is 381 Å². The van der Waals surface area contributed by atoms with Gasteiger partial charge < -0.3 is 114 Å². The van der Waals surface area contributed by atoms with Gasteiger partial charge in [-0.3, -0.25) is 9.59 Å². The van der Waals surface area contributed by atoms with Gasteiger partial charge in [-0.05, 0) is 20.8 Å². The molecule has 0 spiro atoms. The van der Waals surface area contributed by atoms with Gasteiger partial charge in [0.05, 0.1) is 31.5 Å². The van der Waals surface area contributed by atoms with E-state index in [9.17, 15) is 70.9 Å². The van der Waals surface area contributed by atoms with Gasteiger partial charge in [0.2, 0.25) is 5.91 Å². The Morgan fingerprint density at radius 1 is 0.508 bits per heavy atom. The van der Waals surface area contributed by atoms with Gasteiger partial charge in [-0.1, -0.05) is 0 Å². The summed E-state index contributed by atoms with van der Waals surface area (Å²) in [7, 11) is 0. The first-order chi connectivity index (χ1) is 27.7. The predicted molar refractivity (Wildman–Crippen MR) is 183 cm³/mol. The number of ether oxygens (including phenoxy) is 10. The van der Waals surface area contributed by atoms with Crippen molar-refractivity contribution in [2.24, 2.45) is 0 Å². The highest BCUT2D eigenvalue weighted by Gasteiger charge is 2.56. The summed E-state index contributed by atoms with van der Waals surface area (Å²) in [6.07, 6.45) is -39.7. The molecule has 1 amide bonds. The van der Waals surface area contributed by atoms with Crippen molar-refractivity contribution in [3.8, 4) is 0 Å². The lowest BCUT2D eigenvalue weighted by Crippen LogP contribution is -2.69. The number of carbonyl (C=O) groups excluding carboxylic acids is 2. The van der Waals surface area contributed by atoms with E-state index in [1.165, 1.54) is 20.8 Å². The maximum atomic E-state index is 12.6. The number of rotatable bonds is 12. The fraction of sp³-hybridized carbons (Fsp3) is 0.941. The van der Waals surface area contributed by atoms with Crippen LogP contribution in [-0.4, -0.2) is 240 Å². The third-order valence-electron chi connectivity index (χ3n) is 10.9. The van der Waals surface area contributed by atoms with Crippen LogP contribution in [0.5, 0.6) is 0 Å². The van der Waals surface area contributed by atoms with E-state index in [2.05, 4.69) is 5.32 Å². The second kappa shape index (κ2) is 20.1. The molecule has 13 N–H and O–H groups in total. The van der Waals surface area contributed by atoms with Crippen LogP contribution in [0.25, 0.3) is 0 Å². The molecule has 25 heteroatoms. The first kappa shape index (κ1) is 48.1. The standard InChI is InChI=1S/C34H57NO24/c1-8-16(39)21(44)25(48)32(51-8)59-28-23(46)17(40)9(2)52-33(28)58-27-18(41)10(3)53-34(29(27)54-12(5)38)57-26-15(35-11(4)37)30(49)55-14(20(26)43)7-50-31-24(47)22(45)19(42)13(6-36)56-31/h8-10,13-34,36,39-49H,6-7H2,1-5H3,(H,35,37)/t8-,9-,10-,13+,14+,15+,16-,17-,18-,19+,20+,21+,22-,23+,24+,25+,26+,27+,28+,29+,30+,31-,32-,33-,34-/m0/s1. The molecule has 0 unspecified atom stereocenters. The van der Waals surface area contributed by atoms with E-state index in [0.717, 1.165) is 13.8 Å². The Hall–Kier alpha value is -1.90. The first-order valence-corrected chi connectivity index (χ1v) is 19.1. The van der Waals surface area contributed by atoms with E-state index >= 15 is 0 Å². The van der Waals surface area contributed by atoms with Crippen molar-refractivity contribution >= 4 is 11.9 Å². The summed E-state index contributed by atoms with van der Waals surface area (Å²) in [5.41, 5.74) is 0. The van der Waals surface area contributed by atoms with Crippen LogP contribution in [0.4, 0.5) is 0 Å². The van der Waals surface area contributed by atoms with Crippen LogP contribution < -0.4 is 5.32 Å². The van der Waals surface area contributed by atoms with E-state index in [-0.39, 0.29) is 0 Å². The van der Waals surface area contributed by atoms with Crippen LogP contribution in [0, 0.1) is 0 Å². The third kappa shape index (κ3) is 10.5. The Bertz CT molecular complexity index is 1380. The van der Waals surface area contributed by atoms with Crippen molar-refractivity contribution in [2.75, 3.05) is 13.2 Å². The number of nitrogens with one attached hydrogen (secondary N) is 1. The van der Waals surface area contributed by atoms with Gasteiger partial charge in [-0.15, -0.1) is 0 Å². The van der Waals surface area contributed by atoms with Crippen LogP contribution in [-0.2, 0) is 57.0 Å². The Morgan fingerprint density at radius 3 is 1.61 bits per heavy atom. The minimum Gasteiger partial charge on any atom is -0.454 e. The van der Waals surface area contributed by atoms with Crippen molar-refractivity contribution in [3.05, 3.63) is 0 Å². The largest absolute Gasteiger partial charge is 0.454 e. The molecule has 0 bridgehead atoms. The number of hydrogen-bond acceptors (Lipinski definition) is 24. The van der Waals surface area contributed by atoms with Crippen molar-refractivity contribution in [1.29, 1.82) is 0 Å². The Kier molecular flexibility index (Phi) is 16.4. The van der Waals surface area contributed by atoms with Crippen molar-refractivity contribution < 1.29 is 118 Å². The van der Waals surface area contributed by atoms with E-state index in [0.29, 0.717) is 0 Å². The number of carbonyl (C=O) groups is 2. The Balaban J connectivity index is 1.40. The molecule has 5 heterocycles. The summed E-state index contributed by atoms with van der Waals surface area (Å²) in [6.45, 7) is 4.71. The van der Waals surface area contributed by atoms with Gasteiger partial charge in [-0.25, -0.2) is 0 Å². The second-order valence-corrected chi connectivity index (χ2v) is 15.3. The Labute approximate surface area is 336 Å². The fourth-order valence-corrected chi connectivity index (χ4v) is 7.43. The molecule has 0 aromatic carbocycles. The maximum Gasteiger partial charge on any atom is 0.303 e. The lowest BCUT2D eigenvalue weighted by molar-refractivity contribution is -0.389. The summed E-state index contributed by atoms with van der Waals surface area (Å²) in [6, 6.07) is -1.57. The molecule has 5 rings (SSSR count). The molecule has 0 aliphatic carbocycles. The maximum absolute atomic E-state index is 12.6. The summed E-state index contributed by atoms with van der Waals surface area (Å²) in [5, 5.41) is 130. The van der Waals surface area contributed by atoms with E-state index in [4.69, 9.17) is 47.4 Å². The molecular weight excluding hydrogens is 806 g/mol. The molecule has 5 aliphatic rings. The molecule has 59 heavy (non-hydrogen) atoms. The van der Waals surface area contributed by atoms with Gasteiger partial charge >= 0.3 is 5.97 Å². The summed E-state index contributed by atoms with van der Waals surface area (Å²) >= 11 is 0. The molecule has 342 valence electrons. The number of aliphatic hydroxyl groups is 12. The van der Waals surface area contributed by atoms with Gasteiger partial charge in [-0.2, -0.15) is 0 Å². The summed E-state index contributed by atoms with van der Waals surface area (Å²) in [4.78, 5) is 24.8.